The molecule has 2 N–H and O–H groups in total. The molecule has 0 fully saturated rings. The monoisotopic (exact) mass is 551 g/mol. The summed E-state index contributed by atoms with van der Waals surface area (Å²) >= 11 is 3.18. The lowest BCUT2D eigenvalue weighted by Gasteiger charge is -2.12. The summed E-state index contributed by atoms with van der Waals surface area (Å²) in [5, 5.41) is 10.1. The number of rotatable bonds is 8. The van der Waals surface area contributed by atoms with Crippen molar-refractivity contribution in [1.82, 2.24) is 14.8 Å². The van der Waals surface area contributed by atoms with Crippen LogP contribution >= 0.6 is 15.9 Å². The molecule has 0 saturated carbocycles. The van der Waals surface area contributed by atoms with E-state index in [1.54, 1.807) is 49.5 Å². The molecule has 2 aromatic carbocycles. The number of amides is 1. The fourth-order valence-electron chi connectivity index (χ4n) is 3.35. The first-order chi connectivity index (χ1) is 17.3. The number of aromatic nitrogens is 3. The predicted molar refractivity (Wildman–Crippen MR) is 140 cm³/mol. The SMILES string of the molecule is CCCNc1cc(Oc2ccc(NC(=O)c3nn(-c4ccc(Br)cc4F)c(=O)cc3C)cc2)ccn1. The van der Waals surface area contributed by atoms with Gasteiger partial charge in [-0.05, 0) is 67.4 Å². The van der Waals surface area contributed by atoms with Gasteiger partial charge in [-0.1, -0.05) is 22.9 Å². The summed E-state index contributed by atoms with van der Waals surface area (Å²) in [6, 6.07) is 15.8. The van der Waals surface area contributed by atoms with Crippen molar-refractivity contribution in [2.45, 2.75) is 20.3 Å². The zero-order chi connectivity index (χ0) is 25.7. The van der Waals surface area contributed by atoms with Crippen LogP contribution in [-0.4, -0.2) is 27.2 Å². The van der Waals surface area contributed by atoms with Gasteiger partial charge >= 0.3 is 0 Å². The Kier molecular flexibility index (Phi) is 7.74. The molecule has 0 aliphatic carbocycles. The highest BCUT2D eigenvalue weighted by Crippen LogP contribution is 2.25. The zero-order valence-corrected chi connectivity index (χ0v) is 21.2. The van der Waals surface area contributed by atoms with Gasteiger partial charge in [-0.2, -0.15) is 9.78 Å². The van der Waals surface area contributed by atoms with E-state index in [2.05, 4.69) is 43.6 Å². The topological polar surface area (TPSA) is 98.1 Å². The summed E-state index contributed by atoms with van der Waals surface area (Å²) < 4.78 is 21.7. The van der Waals surface area contributed by atoms with Gasteiger partial charge in [0.2, 0.25) is 0 Å². The lowest BCUT2D eigenvalue weighted by Crippen LogP contribution is -2.27. The fourth-order valence-corrected chi connectivity index (χ4v) is 3.68. The van der Waals surface area contributed by atoms with Crippen LogP contribution in [0.3, 0.4) is 0 Å². The summed E-state index contributed by atoms with van der Waals surface area (Å²) in [5.41, 5.74) is 0.276. The number of aryl methyl sites for hydroxylation is 1. The van der Waals surface area contributed by atoms with E-state index >= 15 is 0 Å². The molecule has 0 saturated heterocycles. The number of nitrogens with zero attached hydrogens (tertiary/aromatic N) is 3. The van der Waals surface area contributed by atoms with Crippen LogP contribution in [0.5, 0.6) is 11.5 Å². The number of hydrogen-bond donors (Lipinski definition) is 2. The van der Waals surface area contributed by atoms with Crippen LogP contribution in [0.1, 0.15) is 29.4 Å². The molecule has 2 aromatic heterocycles. The van der Waals surface area contributed by atoms with Crippen molar-refractivity contribution >= 4 is 33.3 Å². The molecule has 0 aliphatic heterocycles. The maximum absolute atomic E-state index is 14.4. The van der Waals surface area contributed by atoms with Crippen molar-refractivity contribution in [3.05, 3.63) is 98.8 Å². The van der Waals surface area contributed by atoms with Gasteiger partial charge < -0.3 is 15.4 Å². The van der Waals surface area contributed by atoms with Gasteiger partial charge in [-0.25, -0.2) is 9.37 Å². The van der Waals surface area contributed by atoms with E-state index in [1.807, 2.05) is 6.07 Å². The number of nitrogens with one attached hydrogen (secondary N) is 2. The number of halogens is 2. The fraction of sp³-hybridized carbons (Fsp3) is 0.154. The van der Waals surface area contributed by atoms with E-state index in [9.17, 15) is 14.0 Å². The molecule has 0 bridgehead atoms. The van der Waals surface area contributed by atoms with Gasteiger partial charge in [-0.3, -0.25) is 9.59 Å². The normalized spacial score (nSPS) is 10.7. The van der Waals surface area contributed by atoms with E-state index in [4.69, 9.17) is 4.74 Å². The van der Waals surface area contributed by atoms with Crippen LogP contribution in [0, 0.1) is 12.7 Å². The first kappa shape index (κ1) is 25.1. The highest BCUT2D eigenvalue weighted by molar-refractivity contribution is 9.10. The molecule has 8 nitrogen and oxygen atoms in total. The Balaban J connectivity index is 1.49. The van der Waals surface area contributed by atoms with Crippen LogP contribution < -0.4 is 20.9 Å². The maximum Gasteiger partial charge on any atom is 0.276 e. The first-order valence-corrected chi connectivity index (χ1v) is 12.0. The molecule has 10 heteroatoms. The second kappa shape index (κ2) is 11.1. The summed E-state index contributed by atoms with van der Waals surface area (Å²) in [6.45, 7) is 4.49. The van der Waals surface area contributed by atoms with Crippen LogP contribution in [0.4, 0.5) is 15.9 Å². The third-order valence-corrected chi connectivity index (χ3v) is 5.60. The van der Waals surface area contributed by atoms with Crippen LogP contribution in [0.25, 0.3) is 5.69 Å². The van der Waals surface area contributed by atoms with Crippen molar-refractivity contribution in [2.75, 3.05) is 17.2 Å². The summed E-state index contributed by atoms with van der Waals surface area (Å²) in [7, 11) is 0. The second-order valence-electron chi connectivity index (χ2n) is 7.91. The van der Waals surface area contributed by atoms with E-state index in [1.165, 1.54) is 18.2 Å². The Hall–Kier alpha value is -4.05. The van der Waals surface area contributed by atoms with Gasteiger partial charge in [-0.15, -0.1) is 0 Å². The van der Waals surface area contributed by atoms with Crippen molar-refractivity contribution in [3.8, 4) is 17.2 Å². The molecule has 0 radical (unpaired) electrons. The van der Waals surface area contributed by atoms with Crippen LogP contribution in [0.2, 0.25) is 0 Å². The van der Waals surface area contributed by atoms with Gasteiger partial charge in [0.1, 0.15) is 28.8 Å². The Bertz CT molecular complexity index is 1460. The lowest BCUT2D eigenvalue weighted by molar-refractivity contribution is 0.102. The zero-order valence-electron chi connectivity index (χ0n) is 19.6. The molecular weight excluding hydrogens is 529 g/mol. The molecule has 4 rings (SSSR count). The van der Waals surface area contributed by atoms with Crippen LogP contribution in [0.15, 0.2) is 76.1 Å². The number of pyridine rings is 1. The highest BCUT2D eigenvalue weighted by atomic mass is 79.9. The second-order valence-corrected chi connectivity index (χ2v) is 8.82. The van der Waals surface area contributed by atoms with Gasteiger partial charge in [0.05, 0.1) is 0 Å². The third-order valence-electron chi connectivity index (χ3n) is 5.11. The standard InChI is InChI=1S/C26H23BrFN5O3/c1-3-11-29-23-15-20(10-12-30-23)36-19-7-5-18(6-8-19)31-26(35)25-16(2)13-24(34)33(32-25)22-9-4-17(27)14-21(22)28/h4-10,12-15H,3,11H2,1-2H3,(H,29,30)(H,31,35). The maximum atomic E-state index is 14.4. The minimum atomic E-state index is -0.646. The van der Waals surface area contributed by atoms with Gasteiger partial charge in [0.15, 0.2) is 5.69 Å². The van der Waals surface area contributed by atoms with E-state index < -0.39 is 17.3 Å². The molecule has 0 spiro atoms. The molecule has 0 unspecified atom stereocenters. The summed E-state index contributed by atoms with van der Waals surface area (Å²) in [4.78, 5) is 29.6. The lowest BCUT2D eigenvalue weighted by atomic mass is 10.2. The Morgan fingerprint density at radius 1 is 1.08 bits per heavy atom. The number of carbonyl (C=O) groups excluding carboxylic acids is 1. The molecule has 0 atom stereocenters. The van der Waals surface area contributed by atoms with Gasteiger partial charge in [0, 0.05) is 35.0 Å². The summed E-state index contributed by atoms with van der Waals surface area (Å²) in [5.74, 6) is 0.753. The van der Waals surface area contributed by atoms with Crippen molar-refractivity contribution in [1.29, 1.82) is 0 Å². The highest BCUT2D eigenvalue weighted by Gasteiger charge is 2.17. The van der Waals surface area contributed by atoms with Crippen molar-refractivity contribution in [2.24, 2.45) is 0 Å². The van der Waals surface area contributed by atoms with Crippen molar-refractivity contribution < 1.29 is 13.9 Å². The Morgan fingerprint density at radius 3 is 2.58 bits per heavy atom. The molecular formula is C26H23BrFN5O3. The van der Waals surface area contributed by atoms with E-state index in [0.717, 1.165) is 23.5 Å². The Labute approximate surface area is 215 Å². The van der Waals surface area contributed by atoms with E-state index in [0.29, 0.717) is 27.2 Å². The molecule has 184 valence electrons. The minimum Gasteiger partial charge on any atom is -0.457 e. The van der Waals surface area contributed by atoms with Crippen LogP contribution in [-0.2, 0) is 0 Å². The van der Waals surface area contributed by atoms with Gasteiger partial charge in [0.25, 0.3) is 11.5 Å². The number of benzene rings is 2. The Morgan fingerprint density at radius 2 is 1.86 bits per heavy atom. The minimum absolute atomic E-state index is 0.00106. The molecule has 36 heavy (non-hydrogen) atoms. The first-order valence-electron chi connectivity index (χ1n) is 11.2. The molecule has 2 heterocycles. The third kappa shape index (κ3) is 5.95. The average Bonchev–Trinajstić information content (AvgIpc) is 2.85. The largest absolute Gasteiger partial charge is 0.457 e. The quantitative estimate of drug-likeness (QED) is 0.291. The van der Waals surface area contributed by atoms with E-state index in [-0.39, 0.29) is 11.4 Å². The smallest absolute Gasteiger partial charge is 0.276 e. The number of anilines is 2. The summed E-state index contributed by atoms with van der Waals surface area (Å²) in [6.07, 6.45) is 2.65. The molecule has 1 amide bonds. The molecule has 0 aliphatic rings. The average molecular weight is 552 g/mol. The van der Waals surface area contributed by atoms with Crippen molar-refractivity contribution in [3.63, 3.8) is 0 Å². The number of carbonyl (C=O) groups is 1. The number of ether oxygens (including phenoxy) is 1. The molecule has 4 aromatic rings. The predicted octanol–water partition coefficient (Wildman–Crippen LogP) is 5.70. The number of hydrogen-bond acceptors (Lipinski definition) is 6.